The molecule has 0 aromatic carbocycles. The fourth-order valence-electron chi connectivity index (χ4n) is 7.82. The molecule has 48 heavy (non-hydrogen) atoms. The van der Waals surface area contributed by atoms with Crippen molar-refractivity contribution in [3.63, 3.8) is 0 Å². The van der Waals surface area contributed by atoms with E-state index in [4.69, 9.17) is 18.9 Å². The topological polar surface area (TPSA) is 121 Å². The number of nitrogens with zero attached hydrogens (tertiary/aromatic N) is 4. The molecule has 1 amide bonds. The number of rotatable bonds is 10. The Hall–Kier alpha value is -1.93. The smallest absolute Gasteiger partial charge is 0.323 e. The number of likely N-dealkylation sites (tertiary alicyclic amines) is 1. The third kappa shape index (κ3) is 9.04. The summed E-state index contributed by atoms with van der Waals surface area (Å²) in [5.74, 6) is -1.66. The molecule has 12 nitrogen and oxygen atoms in total. The van der Waals surface area contributed by atoms with E-state index < -0.39 is 47.2 Å². The average molecular weight is 681 g/mol. The van der Waals surface area contributed by atoms with E-state index in [0.29, 0.717) is 39.0 Å². The van der Waals surface area contributed by atoms with Crippen LogP contribution in [0.25, 0.3) is 0 Å². The van der Waals surface area contributed by atoms with Gasteiger partial charge in [-0.1, -0.05) is 26.8 Å². The van der Waals surface area contributed by atoms with Crippen molar-refractivity contribution in [1.29, 1.82) is 0 Å². The van der Waals surface area contributed by atoms with Crippen molar-refractivity contribution >= 4 is 17.7 Å². The van der Waals surface area contributed by atoms with Gasteiger partial charge >= 0.3 is 5.97 Å². The van der Waals surface area contributed by atoms with Gasteiger partial charge in [0, 0.05) is 44.6 Å². The number of carbonyl (C=O) groups excluding carboxylic acids is 3. The Balaban J connectivity index is 2.02. The molecule has 3 aliphatic heterocycles. The molecule has 3 heterocycles. The Kier molecular flexibility index (Phi) is 14.2. The molecule has 0 bridgehead atoms. The molecule has 276 valence electrons. The van der Waals surface area contributed by atoms with Gasteiger partial charge < -0.3 is 38.8 Å². The molecule has 1 unspecified atom stereocenters. The van der Waals surface area contributed by atoms with E-state index in [0.717, 1.165) is 13.0 Å². The van der Waals surface area contributed by atoms with Gasteiger partial charge in [-0.05, 0) is 80.7 Å². The number of hydrogen-bond donors (Lipinski definition) is 1. The molecular weight excluding hydrogens is 616 g/mol. The van der Waals surface area contributed by atoms with Crippen LogP contribution in [-0.2, 0) is 33.3 Å². The van der Waals surface area contributed by atoms with Crippen LogP contribution in [-0.4, -0.2) is 159 Å². The Bertz CT molecular complexity index is 1120. The Labute approximate surface area is 289 Å². The van der Waals surface area contributed by atoms with Crippen LogP contribution in [0.3, 0.4) is 0 Å². The van der Waals surface area contributed by atoms with Gasteiger partial charge in [0.2, 0.25) is 5.91 Å². The third-order valence-electron chi connectivity index (χ3n) is 10.8. The van der Waals surface area contributed by atoms with Crippen molar-refractivity contribution in [2.45, 2.75) is 103 Å². The number of carbonyl (C=O) groups is 3. The molecule has 0 aromatic heterocycles. The molecule has 0 spiro atoms. The number of aliphatic hydroxyl groups excluding tert-OH is 1. The molecule has 12 heteroatoms. The number of ether oxygens (including phenoxy) is 4. The Morgan fingerprint density at radius 2 is 1.77 bits per heavy atom. The summed E-state index contributed by atoms with van der Waals surface area (Å²) in [7, 11) is 9.19. The van der Waals surface area contributed by atoms with Gasteiger partial charge in [-0.2, -0.15) is 0 Å². The first-order valence-corrected chi connectivity index (χ1v) is 17.6. The molecule has 0 aliphatic carbocycles. The van der Waals surface area contributed by atoms with Gasteiger partial charge in [0.25, 0.3) is 0 Å². The highest BCUT2D eigenvalue weighted by Gasteiger charge is 2.52. The van der Waals surface area contributed by atoms with Crippen LogP contribution in [0.1, 0.15) is 60.8 Å². The molecule has 1 N–H and O–H groups in total. The first kappa shape index (κ1) is 40.5. The monoisotopic (exact) mass is 680 g/mol. The van der Waals surface area contributed by atoms with E-state index in [2.05, 4.69) is 25.3 Å². The van der Waals surface area contributed by atoms with Gasteiger partial charge in [-0.3, -0.25) is 19.3 Å². The van der Waals surface area contributed by atoms with E-state index in [1.807, 2.05) is 56.7 Å². The molecule has 3 fully saturated rings. The van der Waals surface area contributed by atoms with Crippen LogP contribution in [0, 0.1) is 23.2 Å². The predicted molar refractivity (Wildman–Crippen MR) is 184 cm³/mol. The van der Waals surface area contributed by atoms with Crippen LogP contribution in [0.5, 0.6) is 0 Å². The van der Waals surface area contributed by atoms with E-state index in [9.17, 15) is 19.5 Å². The van der Waals surface area contributed by atoms with Gasteiger partial charge in [0.1, 0.15) is 18.1 Å². The zero-order valence-electron chi connectivity index (χ0n) is 31.4. The fourth-order valence-corrected chi connectivity index (χ4v) is 7.82. The predicted octanol–water partition coefficient (Wildman–Crippen LogP) is 2.28. The largest absolute Gasteiger partial charge is 0.463 e. The van der Waals surface area contributed by atoms with Gasteiger partial charge in [-0.25, -0.2) is 0 Å². The number of aliphatic hydroxyl groups is 1. The van der Waals surface area contributed by atoms with Crippen LogP contribution < -0.4 is 0 Å². The zero-order valence-corrected chi connectivity index (χ0v) is 31.4. The quantitative estimate of drug-likeness (QED) is 0.208. The standard InChI is InChI=1S/C36H64N4O8/c1-13-15-39-18-23(3)17-36(7,45-12)32(48-33-30(42)27(38(10)11)16-24(4)47-33)25(5)31(43)35(6,14-2)34(44)46-22-28(39)26-19-40(20-26)29(41)21-37(8)9/h14,23-28,30,32-33,42H,2,13,15-22H2,1,3-12H3/t23-,24-,25+,27?,28+,30-,32-,33+,35+,36-/m1/s1. The lowest BCUT2D eigenvalue weighted by Gasteiger charge is -2.48. The minimum Gasteiger partial charge on any atom is -0.463 e. The van der Waals surface area contributed by atoms with Crippen LogP contribution in [0.15, 0.2) is 12.7 Å². The maximum Gasteiger partial charge on any atom is 0.323 e. The number of hydrogen-bond acceptors (Lipinski definition) is 11. The lowest BCUT2D eigenvalue weighted by Crippen LogP contribution is -2.61. The van der Waals surface area contributed by atoms with E-state index in [-0.39, 0.29) is 42.5 Å². The lowest BCUT2D eigenvalue weighted by atomic mass is 9.73. The summed E-state index contributed by atoms with van der Waals surface area (Å²) in [6.45, 7) is 18.4. The third-order valence-corrected chi connectivity index (χ3v) is 10.8. The number of cyclic esters (lactones) is 1. The van der Waals surface area contributed by atoms with E-state index in [1.165, 1.54) is 6.08 Å². The summed E-state index contributed by atoms with van der Waals surface area (Å²) in [5, 5.41) is 11.4. The summed E-state index contributed by atoms with van der Waals surface area (Å²) in [4.78, 5) is 49.2. The van der Waals surface area contributed by atoms with E-state index >= 15 is 0 Å². The van der Waals surface area contributed by atoms with Gasteiger partial charge in [0.15, 0.2) is 12.1 Å². The number of likely N-dealkylation sites (N-methyl/N-ethyl adjacent to an activating group) is 2. The maximum atomic E-state index is 14.4. The van der Waals surface area contributed by atoms with Crippen molar-refractivity contribution in [1.82, 2.24) is 19.6 Å². The zero-order chi connectivity index (χ0) is 36.1. The van der Waals surface area contributed by atoms with Crippen molar-refractivity contribution in [3.8, 4) is 0 Å². The molecule has 10 atom stereocenters. The number of methoxy groups -OCH3 is 1. The number of amides is 1. The minimum atomic E-state index is -1.66. The Morgan fingerprint density at radius 3 is 2.31 bits per heavy atom. The molecular formula is C36H64N4O8. The number of Topliss-reactive ketones (excluding diaryl/α,β-unsaturated/α-hetero) is 1. The highest BCUT2D eigenvalue weighted by molar-refractivity contribution is 6.06. The Morgan fingerprint density at radius 1 is 1.12 bits per heavy atom. The molecule has 0 radical (unpaired) electrons. The number of ketones is 1. The van der Waals surface area contributed by atoms with Gasteiger partial charge in [-0.15, -0.1) is 6.58 Å². The first-order valence-electron chi connectivity index (χ1n) is 17.6. The second-order valence-corrected chi connectivity index (χ2v) is 15.5. The van der Waals surface area contributed by atoms with Gasteiger partial charge in [0.05, 0.1) is 30.4 Å². The SMILES string of the molecule is C=C[C@]1(C)C(=O)OC[C@@H](C2CN(C(=O)CN(C)C)C2)N(CCC)C[C@H](C)C[C@@](C)(OC)[C@H](O[C@@H]2O[C@H](C)CC(N(C)C)[C@H]2O)[C@@H](C)C1=O. The number of esters is 1. The first-order chi connectivity index (χ1) is 22.4. The summed E-state index contributed by atoms with van der Waals surface area (Å²) in [6.07, 6.45) is 0.366. The van der Waals surface area contributed by atoms with Crippen LogP contribution >= 0.6 is 0 Å². The van der Waals surface area contributed by atoms with Crippen molar-refractivity contribution in [3.05, 3.63) is 12.7 Å². The molecule has 3 rings (SSSR count). The second kappa shape index (κ2) is 16.9. The average Bonchev–Trinajstić information content (AvgIpc) is 2.99. The van der Waals surface area contributed by atoms with Crippen molar-refractivity contribution in [2.24, 2.45) is 23.2 Å². The summed E-state index contributed by atoms with van der Waals surface area (Å²) in [5.41, 5.74) is -2.65. The second-order valence-electron chi connectivity index (χ2n) is 15.5. The highest BCUT2D eigenvalue weighted by atomic mass is 16.7. The molecule has 3 aliphatic rings. The summed E-state index contributed by atoms with van der Waals surface area (Å²) >= 11 is 0. The highest BCUT2D eigenvalue weighted by Crippen LogP contribution is 2.39. The fraction of sp³-hybridized carbons (Fsp3) is 0.861. The van der Waals surface area contributed by atoms with Crippen molar-refractivity contribution in [2.75, 3.05) is 74.6 Å². The summed E-state index contributed by atoms with van der Waals surface area (Å²) in [6, 6.07) is -0.348. The molecule has 0 aromatic rings. The lowest BCUT2D eigenvalue weighted by molar-refractivity contribution is -0.295. The maximum absolute atomic E-state index is 14.4. The van der Waals surface area contributed by atoms with E-state index in [1.54, 1.807) is 21.0 Å². The van der Waals surface area contributed by atoms with Crippen molar-refractivity contribution < 1.29 is 38.4 Å². The minimum absolute atomic E-state index is 0.0763. The summed E-state index contributed by atoms with van der Waals surface area (Å²) < 4.78 is 25.1. The molecule has 3 saturated heterocycles. The van der Waals surface area contributed by atoms with Crippen LogP contribution in [0.2, 0.25) is 0 Å². The normalized spacial score (nSPS) is 38.2. The van der Waals surface area contributed by atoms with Crippen LogP contribution in [0.4, 0.5) is 0 Å². The molecule has 0 saturated carbocycles.